The van der Waals surface area contributed by atoms with Crippen LogP contribution in [0.5, 0.6) is 0 Å². The van der Waals surface area contributed by atoms with Gasteiger partial charge in [-0.15, -0.1) is 8.94 Å². The van der Waals surface area contributed by atoms with Gasteiger partial charge < -0.3 is 0 Å². The number of nitrogens with zero attached hydrogens (tertiary/aromatic N) is 2. The Morgan fingerprint density at radius 3 is 1.23 bits per heavy atom. The van der Waals surface area contributed by atoms with E-state index < -0.39 is 31.9 Å². The first kappa shape index (κ1) is 18.0. The first-order valence-electron chi connectivity index (χ1n) is 6.85. The summed E-state index contributed by atoms with van der Waals surface area (Å²) in [6, 6.07) is 11.3. The number of hydrogen-bond acceptors (Lipinski definition) is 8. The van der Waals surface area contributed by atoms with Crippen molar-refractivity contribution in [2.24, 2.45) is 0 Å². The zero-order valence-electron chi connectivity index (χ0n) is 12.7. The predicted octanol–water partition coefficient (Wildman–Crippen LogP) is 0.441. The highest BCUT2D eigenvalue weighted by atomic mass is 32.2. The molecule has 4 rings (SSSR count). The fourth-order valence-corrected chi connectivity index (χ4v) is 4.72. The second-order valence-corrected chi connectivity index (χ2v) is 8.57. The van der Waals surface area contributed by atoms with Crippen LogP contribution in [0.1, 0.15) is 20.7 Å². The summed E-state index contributed by atoms with van der Waals surface area (Å²) in [5, 5.41) is 17.9. The monoisotopic (exact) mass is 398 g/mol. The zero-order valence-corrected chi connectivity index (χ0v) is 14.3. The van der Waals surface area contributed by atoms with Crippen LogP contribution >= 0.6 is 0 Å². The molecule has 0 bridgehead atoms. The Labute approximate surface area is 147 Å². The third-order valence-electron chi connectivity index (χ3n) is 3.59. The maximum absolute atomic E-state index is 11.2. The highest BCUT2D eigenvalue weighted by Crippen LogP contribution is 2.28. The summed E-state index contributed by atoms with van der Waals surface area (Å²) in [4.78, 5) is 21.9. The molecule has 0 fully saturated rings. The lowest BCUT2D eigenvalue weighted by Gasteiger charge is -2.02. The fraction of sp³-hybridized carbons (Fsp3) is 0. The minimum absolute atomic E-state index is 0.00463. The number of benzene rings is 2. The summed E-state index contributed by atoms with van der Waals surface area (Å²) < 4.78 is 44.5. The van der Waals surface area contributed by atoms with Gasteiger partial charge in [-0.2, -0.15) is 16.8 Å². The van der Waals surface area contributed by atoms with Gasteiger partial charge in [0.05, 0.1) is 11.1 Å². The van der Waals surface area contributed by atoms with E-state index in [9.17, 15) is 26.4 Å². The zero-order chi connectivity index (χ0) is 19.3. The van der Waals surface area contributed by atoms with Gasteiger partial charge in [0.25, 0.3) is 31.9 Å². The number of fused-ring (bicyclic) bond motifs is 2. The molecule has 0 radical (unpaired) electrons. The molecule has 136 valence electrons. The van der Waals surface area contributed by atoms with E-state index in [4.69, 9.17) is 10.4 Å². The van der Waals surface area contributed by atoms with Gasteiger partial charge in [-0.25, -0.2) is 0 Å². The summed E-state index contributed by atoms with van der Waals surface area (Å²) in [5.41, 5.74) is 0.00926. The van der Waals surface area contributed by atoms with Gasteiger partial charge in [-0.05, 0) is 24.3 Å². The highest BCUT2D eigenvalue weighted by Gasteiger charge is 2.41. The topological polar surface area (TPSA) is 149 Å². The summed E-state index contributed by atoms with van der Waals surface area (Å²) >= 11 is 0. The number of rotatable bonds is 0. The number of hydroxylamine groups is 2. The molecule has 0 spiro atoms. The number of amides is 2. The van der Waals surface area contributed by atoms with E-state index in [-0.39, 0.29) is 29.9 Å². The van der Waals surface area contributed by atoms with Crippen molar-refractivity contribution in [2.45, 2.75) is 9.79 Å². The van der Waals surface area contributed by atoms with Crippen LogP contribution in [0.15, 0.2) is 58.3 Å². The molecule has 2 amide bonds. The normalized spacial score (nSPS) is 18.8. The van der Waals surface area contributed by atoms with Crippen LogP contribution in [-0.2, 0) is 20.0 Å². The van der Waals surface area contributed by atoms with Gasteiger partial charge in [0, 0.05) is 0 Å². The smallest absolute Gasteiger partial charge is 0.271 e. The SMILES string of the molecule is O=C1c2ccccc2S(=O)(=O)N1O.O=C1c2ccccc2S(=O)(=O)N1O. The highest BCUT2D eigenvalue weighted by molar-refractivity contribution is 7.90. The first-order valence-corrected chi connectivity index (χ1v) is 9.73. The standard InChI is InChI=1S/2C7H5NO4S/c2*9-7-5-3-1-2-4-6(5)13(11,12)8(7)10/h2*1-4,10H. The van der Waals surface area contributed by atoms with Crippen molar-refractivity contribution in [3.63, 3.8) is 0 Å². The molecule has 2 N–H and O–H groups in total. The van der Waals surface area contributed by atoms with E-state index in [1.165, 1.54) is 48.5 Å². The largest absolute Gasteiger partial charge is 0.293 e. The van der Waals surface area contributed by atoms with E-state index in [0.29, 0.717) is 0 Å². The van der Waals surface area contributed by atoms with Crippen molar-refractivity contribution in [1.82, 2.24) is 8.94 Å². The molecule has 2 aromatic rings. The van der Waals surface area contributed by atoms with Crippen molar-refractivity contribution in [2.75, 3.05) is 0 Å². The lowest BCUT2D eigenvalue weighted by atomic mass is 10.2. The number of carbonyl (C=O) groups is 2. The van der Waals surface area contributed by atoms with Crippen molar-refractivity contribution in [1.29, 1.82) is 0 Å². The molecule has 2 aliphatic rings. The fourth-order valence-electron chi connectivity index (χ4n) is 2.35. The number of hydrogen-bond donors (Lipinski definition) is 2. The minimum Gasteiger partial charge on any atom is -0.271 e. The Morgan fingerprint density at radius 1 is 0.615 bits per heavy atom. The first-order chi connectivity index (χ1) is 12.1. The number of carbonyl (C=O) groups excluding carboxylic acids is 2. The minimum atomic E-state index is -3.99. The van der Waals surface area contributed by atoms with Crippen molar-refractivity contribution in [3.8, 4) is 0 Å². The Hall–Kier alpha value is -2.80. The average molecular weight is 398 g/mol. The van der Waals surface area contributed by atoms with Gasteiger partial charge in [0.2, 0.25) is 0 Å². The summed E-state index contributed by atoms with van der Waals surface area (Å²) in [6.07, 6.45) is 0. The van der Waals surface area contributed by atoms with Crippen molar-refractivity contribution >= 4 is 31.9 Å². The Kier molecular flexibility index (Phi) is 4.07. The molecule has 0 saturated carbocycles. The van der Waals surface area contributed by atoms with Crippen molar-refractivity contribution < 1.29 is 36.8 Å². The van der Waals surface area contributed by atoms with Crippen LogP contribution in [0.25, 0.3) is 0 Å². The molecule has 0 unspecified atom stereocenters. The Morgan fingerprint density at radius 2 is 0.923 bits per heavy atom. The molecule has 0 aromatic heterocycles. The van der Waals surface area contributed by atoms with Crippen LogP contribution in [0.3, 0.4) is 0 Å². The second-order valence-electron chi connectivity index (χ2n) is 5.10. The lowest BCUT2D eigenvalue weighted by molar-refractivity contribution is 0.0109. The lowest BCUT2D eigenvalue weighted by Crippen LogP contribution is -2.25. The van der Waals surface area contributed by atoms with Crippen LogP contribution in [0.2, 0.25) is 0 Å². The van der Waals surface area contributed by atoms with Gasteiger partial charge in [0.15, 0.2) is 0 Å². The van der Waals surface area contributed by atoms with Crippen LogP contribution in [0.4, 0.5) is 0 Å². The summed E-state index contributed by atoms with van der Waals surface area (Å²) in [7, 11) is -7.99. The van der Waals surface area contributed by atoms with Crippen molar-refractivity contribution in [3.05, 3.63) is 59.7 Å². The van der Waals surface area contributed by atoms with Gasteiger partial charge >= 0.3 is 0 Å². The van der Waals surface area contributed by atoms with Gasteiger partial charge in [-0.3, -0.25) is 20.0 Å². The van der Waals surface area contributed by atoms with E-state index in [0.717, 1.165) is 0 Å². The molecule has 2 aliphatic heterocycles. The molecule has 0 aliphatic carbocycles. The quantitative estimate of drug-likeness (QED) is 0.607. The Balaban J connectivity index is 0.000000151. The maximum atomic E-state index is 11.2. The second kappa shape index (κ2) is 5.88. The van der Waals surface area contributed by atoms with Crippen LogP contribution in [-0.4, -0.2) is 48.0 Å². The van der Waals surface area contributed by atoms with Gasteiger partial charge in [-0.1, -0.05) is 24.3 Å². The molecule has 26 heavy (non-hydrogen) atoms. The molecule has 0 atom stereocenters. The van der Waals surface area contributed by atoms with E-state index in [2.05, 4.69) is 0 Å². The van der Waals surface area contributed by atoms with Crippen LogP contribution in [0, 0.1) is 0 Å². The molecule has 0 saturated heterocycles. The van der Waals surface area contributed by atoms with Crippen LogP contribution < -0.4 is 0 Å². The summed E-state index contributed by atoms with van der Waals surface area (Å²) in [6.45, 7) is 0. The summed E-state index contributed by atoms with van der Waals surface area (Å²) in [5.74, 6) is -1.81. The molecule has 2 heterocycles. The van der Waals surface area contributed by atoms with Gasteiger partial charge in [0.1, 0.15) is 9.79 Å². The average Bonchev–Trinajstić information content (AvgIpc) is 2.92. The number of sulfonamides is 2. The molecule has 10 nitrogen and oxygen atoms in total. The third-order valence-corrected chi connectivity index (χ3v) is 6.66. The van der Waals surface area contributed by atoms with E-state index >= 15 is 0 Å². The van der Waals surface area contributed by atoms with E-state index in [1.807, 2.05) is 0 Å². The third kappa shape index (κ3) is 2.47. The molecular formula is C14H10N2O8S2. The molecule has 2 aromatic carbocycles. The van der Waals surface area contributed by atoms with E-state index in [1.54, 1.807) is 0 Å². The molecule has 12 heteroatoms. The molecular weight excluding hydrogens is 388 g/mol. The maximum Gasteiger partial charge on any atom is 0.293 e. The Bertz CT molecular complexity index is 1050. The predicted molar refractivity (Wildman–Crippen MR) is 83.2 cm³/mol.